The van der Waals surface area contributed by atoms with Gasteiger partial charge in [-0.2, -0.15) is 5.26 Å². The van der Waals surface area contributed by atoms with Crippen molar-refractivity contribution in [1.29, 1.82) is 5.26 Å². The van der Waals surface area contributed by atoms with Gasteiger partial charge in [0.1, 0.15) is 6.07 Å². The summed E-state index contributed by atoms with van der Waals surface area (Å²) in [5, 5.41) is 11.6. The molecule has 2 aromatic rings. The molecular weight excluding hydrogens is 294 g/mol. The number of aromatic nitrogens is 1. The second kappa shape index (κ2) is 7.18. The number of anilines is 1. The molecule has 1 atom stereocenters. The van der Waals surface area contributed by atoms with E-state index in [9.17, 15) is 9.59 Å². The van der Waals surface area contributed by atoms with E-state index in [0.717, 1.165) is 5.69 Å². The van der Waals surface area contributed by atoms with Gasteiger partial charge < -0.3 is 10.1 Å². The second-order valence-electron chi connectivity index (χ2n) is 4.88. The van der Waals surface area contributed by atoms with E-state index in [2.05, 4.69) is 10.3 Å². The van der Waals surface area contributed by atoms with Crippen LogP contribution in [0.5, 0.6) is 0 Å². The van der Waals surface area contributed by atoms with Crippen LogP contribution in [0.25, 0.3) is 0 Å². The second-order valence-corrected chi connectivity index (χ2v) is 4.88. The van der Waals surface area contributed by atoms with Gasteiger partial charge in [0.25, 0.3) is 5.91 Å². The highest BCUT2D eigenvalue weighted by molar-refractivity contribution is 5.97. The molecule has 116 valence electrons. The van der Waals surface area contributed by atoms with Crippen molar-refractivity contribution in [1.82, 2.24) is 4.98 Å². The summed E-state index contributed by atoms with van der Waals surface area (Å²) in [6.45, 7) is 3.27. The molecule has 1 heterocycles. The van der Waals surface area contributed by atoms with Gasteiger partial charge in [0, 0.05) is 11.9 Å². The lowest BCUT2D eigenvalue weighted by Crippen LogP contribution is -2.30. The van der Waals surface area contributed by atoms with Gasteiger partial charge in [0.05, 0.1) is 16.8 Å². The highest BCUT2D eigenvalue weighted by Crippen LogP contribution is 2.14. The number of carbonyl (C=O) groups is 2. The first kappa shape index (κ1) is 16.2. The van der Waals surface area contributed by atoms with Crippen LogP contribution >= 0.6 is 0 Å². The Kier molecular flexibility index (Phi) is 5.05. The van der Waals surface area contributed by atoms with E-state index in [0.29, 0.717) is 11.3 Å². The van der Waals surface area contributed by atoms with Crippen LogP contribution in [0.15, 0.2) is 42.6 Å². The summed E-state index contributed by atoms with van der Waals surface area (Å²) < 4.78 is 5.11. The Morgan fingerprint density at radius 2 is 2.00 bits per heavy atom. The number of benzene rings is 1. The number of hydrogen-bond donors (Lipinski definition) is 1. The molecular formula is C17H15N3O3. The summed E-state index contributed by atoms with van der Waals surface area (Å²) in [7, 11) is 0. The minimum atomic E-state index is -1.00. The average molecular weight is 309 g/mol. The maximum atomic E-state index is 12.1. The average Bonchev–Trinajstić information content (AvgIpc) is 2.55. The van der Waals surface area contributed by atoms with Crippen molar-refractivity contribution in [2.75, 3.05) is 5.32 Å². The molecule has 1 aromatic heterocycles. The van der Waals surface area contributed by atoms with Crippen LogP contribution in [0.1, 0.15) is 28.5 Å². The van der Waals surface area contributed by atoms with Crippen molar-refractivity contribution < 1.29 is 14.3 Å². The van der Waals surface area contributed by atoms with E-state index in [1.165, 1.54) is 13.1 Å². The normalized spacial score (nSPS) is 11.2. The van der Waals surface area contributed by atoms with Gasteiger partial charge in [-0.1, -0.05) is 12.1 Å². The molecule has 1 N–H and O–H groups in total. The Bertz CT molecular complexity index is 763. The number of pyridine rings is 1. The molecule has 6 nitrogen and oxygen atoms in total. The van der Waals surface area contributed by atoms with Crippen LogP contribution in [0.3, 0.4) is 0 Å². The van der Waals surface area contributed by atoms with E-state index in [1.807, 2.05) is 6.07 Å². The third-order valence-corrected chi connectivity index (χ3v) is 3.11. The molecule has 1 amide bonds. The summed E-state index contributed by atoms with van der Waals surface area (Å²) in [5.74, 6) is -1.14. The van der Waals surface area contributed by atoms with E-state index in [4.69, 9.17) is 10.00 Å². The zero-order valence-corrected chi connectivity index (χ0v) is 12.7. The van der Waals surface area contributed by atoms with Crippen molar-refractivity contribution in [3.63, 3.8) is 0 Å². The van der Waals surface area contributed by atoms with Gasteiger partial charge in [-0.25, -0.2) is 4.79 Å². The predicted octanol–water partition coefficient (Wildman–Crippen LogP) is 2.45. The molecule has 0 aliphatic rings. The molecule has 6 heteroatoms. The van der Waals surface area contributed by atoms with Crippen molar-refractivity contribution in [2.45, 2.75) is 20.0 Å². The number of rotatable bonds is 4. The molecule has 0 aliphatic heterocycles. The number of nitrogens with one attached hydrogen (secondary N) is 1. The van der Waals surface area contributed by atoms with Gasteiger partial charge in [0.2, 0.25) is 0 Å². The van der Waals surface area contributed by atoms with Crippen LogP contribution in [0.2, 0.25) is 0 Å². The standard InChI is InChI=1S/C17H15N3O3/c1-11-7-8-14(10-19-11)17(22)23-12(2)16(21)20-15-6-4-3-5-13(15)9-18/h3-8,10,12H,1-2H3,(H,20,21)/t12-/m1/s1. The monoisotopic (exact) mass is 309 g/mol. The molecule has 0 saturated carbocycles. The van der Waals surface area contributed by atoms with Crippen LogP contribution in [0.4, 0.5) is 5.69 Å². The Balaban J connectivity index is 2.01. The number of nitrogens with zero attached hydrogens (tertiary/aromatic N) is 2. The number of esters is 1. The van der Waals surface area contributed by atoms with Gasteiger partial charge in [-0.05, 0) is 38.1 Å². The van der Waals surface area contributed by atoms with E-state index in [-0.39, 0.29) is 5.56 Å². The first-order valence-electron chi connectivity index (χ1n) is 6.95. The number of ether oxygens (including phenoxy) is 1. The minimum absolute atomic E-state index is 0.271. The fourth-order valence-electron chi connectivity index (χ4n) is 1.79. The molecule has 0 fully saturated rings. The maximum Gasteiger partial charge on any atom is 0.340 e. The molecule has 0 radical (unpaired) electrons. The quantitative estimate of drug-likeness (QED) is 0.876. The number of amides is 1. The van der Waals surface area contributed by atoms with Gasteiger partial charge in [0.15, 0.2) is 6.10 Å². The SMILES string of the molecule is Cc1ccc(C(=O)O[C@H](C)C(=O)Nc2ccccc2C#N)cn1. The summed E-state index contributed by atoms with van der Waals surface area (Å²) in [4.78, 5) is 28.0. The smallest absolute Gasteiger partial charge is 0.340 e. The maximum absolute atomic E-state index is 12.1. The van der Waals surface area contributed by atoms with Gasteiger partial charge in [-0.15, -0.1) is 0 Å². The molecule has 0 spiro atoms. The highest BCUT2D eigenvalue weighted by Gasteiger charge is 2.20. The molecule has 0 unspecified atom stereocenters. The van der Waals surface area contributed by atoms with E-state index in [1.54, 1.807) is 43.3 Å². The molecule has 2 rings (SSSR count). The highest BCUT2D eigenvalue weighted by atomic mass is 16.5. The predicted molar refractivity (Wildman–Crippen MR) is 83.6 cm³/mol. The number of carbonyl (C=O) groups excluding carboxylic acids is 2. The molecule has 0 aliphatic carbocycles. The fraction of sp³-hybridized carbons (Fsp3) is 0.176. The van der Waals surface area contributed by atoms with Crippen molar-refractivity contribution in [3.05, 3.63) is 59.4 Å². The summed E-state index contributed by atoms with van der Waals surface area (Å²) in [6.07, 6.45) is 0.392. The zero-order valence-electron chi connectivity index (χ0n) is 12.7. The number of para-hydroxylation sites is 1. The summed E-state index contributed by atoms with van der Waals surface area (Å²) in [5.41, 5.74) is 1.76. The Morgan fingerprint density at radius 1 is 1.26 bits per heavy atom. The van der Waals surface area contributed by atoms with Crippen molar-refractivity contribution >= 4 is 17.6 Å². The number of hydrogen-bond acceptors (Lipinski definition) is 5. The van der Waals surface area contributed by atoms with E-state index >= 15 is 0 Å². The van der Waals surface area contributed by atoms with Crippen LogP contribution in [0, 0.1) is 18.3 Å². The third kappa shape index (κ3) is 4.14. The largest absolute Gasteiger partial charge is 0.449 e. The topological polar surface area (TPSA) is 92.1 Å². The number of aryl methyl sites for hydroxylation is 1. The Hall–Kier alpha value is -3.20. The summed E-state index contributed by atoms with van der Waals surface area (Å²) >= 11 is 0. The van der Waals surface area contributed by atoms with Crippen molar-refractivity contribution in [3.8, 4) is 6.07 Å². The fourth-order valence-corrected chi connectivity index (χ4v) is 1.79. The number of nitriles is 1. The third-order valence-electron chi connectivity index (χ3n) is 3.11. The Morgan fingerprint density at radius 3 is 2.65 bits per heavy atom. The van der Waals surface area contributed by atoms with Crippen LogP contribution in [-0.2, 0) is 9.53 Å². The first-order valence-corrected chi connectivity index (χ1v) is 6.95. The lowest BCUT2D eigenvalue weighted by molar-refractivity contribution is -0.123. The molecule has 0 bridgehead atoms. The first-order chi connectivity index (χ1) is 11.0. The minimum Gasteiger partial charge on any atom is -0.449 e. The summed E-state index contributed by atoms with van der Waals surface area (Å²) in [6, 6.07) is 11.8. The van der Waals surface area contributed by atoms with Crippen LogP contribution < -0.4 is 5.32 Å². The van der Waals surface area contributed by atoms with Crippen molar-refractivity contribution in [2.24, 2.45) is 0 Å². The van der Waals surface area contributed by atoms with E-state index < -0.39 is 18.0 Å². The Labute approximate surface area is 133 Å². The van der Waals surface area contributed by atoms with Crippen LogP contribution in [-0.4, -0.2) is 23.0 Å². The molecule has 1 aromatic carbocycles. The zero-order chi connectivity index (χ0) is 16.8. The molecule has 0 saturated heterocycles. The van der Waals surface area contributed by atoms with Gasteiger partial charge in [-0.3, -0.25) is 9.78 Å². The lowest BCUT2D eigenvalue weighted by atomic mass is 10.2. The lowest BCUT2D eigenvalue weighted by Gasteiger charge is -2.14. The van der Waals surface area contributed by atoms with Gasteiger partial charge >= 0.3 is 5.97 Å². The molecule has 23 heavy (non-hydrogen) atoms.